The number of hydrogen-bond acceptors (Lipinski definition) is 2. The van der Waals surface area contributed by atoms with Gasteiger partial charge in [0.2, 0.25) is 0 Å². The van der Waals surface area contributed by atoms with Crippen molar-refractivity contribution in [3.05, 3.63) is 30.2 Å². The number of pyridine rings is 1. The Morgan fingerprint density at radius 1 is 1.31 bits per heavy atom. The Morgan fingerprint density at radius 3 is 2.77 bits per heavy atom. The molecule has 0 aromatic carbocycles. The monoisotopic (exact) mass is 175 g/mol. The van der Waals surface area contributed by atoms with Crippen molar-refractivity contribution in [1.29, 1.82) is 0 Å². The van der Waals surface area contributed by atoms with Crippen LogP contribution < -0.4 is 0 Å². The standard InChI is InChI=1S/C10H13N3/c1-10(2,3)8-4-5-13-7-11-12-9(13)6-8/h4-7H,1-3H3. The van der Waals surface area contributed by atoms with Crippen molar-refractivity contribution >= 4 is 5.65 Å². The first-order valence-electron chi connectivity index (χ1n) is 4.37. The third kappa shape index (κ3) is 1.41. The van der Waals surface area contributed by atoms with Crippen LogP contribution in [-0.2, 0) is 5.41 Å². The van der Waals surface area contributed by atoms with Gasteiger partial charge in [-0.25, -0.2) is 0 Å². The molecule has 0 fully saturated rings. The predicted molar refractivity (Wildman–Crippen MR) is 51.7 cm³/mol. The van der Waals surface area contributed by atoms with E-state index in [0.717, 1.165) is 5.65 Å². The molecule has 0 aliphatic rings. The predicted octanol–water partition coefficient (Wildman–Crippen LogP) is 2.03. The van der Waals surface area contributed by atoms with Crippen molar-refractivity contribution in [2.24, 2.45) is 0 Å². The smallest absolute Gasteiger partial charge is 0.160 e. The molecule has 0 amide bonds. The lowest BCUT2D eigenvalue weighted by Gasteiger charge is -2.18. The summed E-state index contributed by atoms with van der Waals surface area (Å²) in [6.07, 6.45) is 3.71. The zero-order valence-electron chi connectivity index (χ0n) is 8.15. The molecule has 0 saturated heterocycles. The van der Waals surface area contributed by atoms with E-state index in [9.17, 15) is 0 Å². The summed E-state index contributed by atoms with van der Waals surface area (Å²) in [5.74, 6) is 0. The molecule has 0 aliphatic heterocycles. The van der Waals surface area contributed by atoms with Gasteiger partial charge in [-0.05, 0) is 23.1 Å². The van der Waals surface area contributed by atoms with Crippen LogP contribution in [0.1, 0.15) is 26.3 Å². The molecule has 2 aromatic heterocycles. The molecule has 0 bridgehead atoms. The molecule has 68 valence electrons. The second kappa shape index (κ2) is 2.55. The van der Waals surface area contributed by atoms with E-state index < -0.39 is 0 Å². The van der Waals surface area contributed by atoms with E-state index in [1.807, 2.05) is 10.6 Å². The molecule has 0 aliphatic carbocycles. The molecule has 2 aromatic rings. The third-order valence-electron chi connectivity index (χ3n) is 2.17. The Morgan fingerprint density at radius 2 is 2.08 bits per heavy atom. The number of nitrogens with zero attached hydrogens (tertiary/aromatic N) is 3. The minimum atomic E-state index is 0.174. The van der Waals surface area contributed by atoms with Gasteiger partial charge in [0.05, 0.1) is 0 Å². The first-order valence-corrected chi connectivity index (χ1v) is 4.37. The molecule has 0 radical (unpaired) electrons. The molecule has 13 heavy (non-hydrogen) atoms. The molecule has 2 rings (SSSR count). The van der Waals surface area contributed by atoms with E-state index in [2.05, 4.69) is 43.1 Å². The lowest BCUT2D eigenvalue weighted by molar-refractivity contribution is 0.589. The minimum absolute atomic E-state index is 0.174. The topological polar surface area (TPSA) is 30.2 Å². The fraction of sp³-hybridized carbons (Fsp3) is 0.400. The van der Waals surface area contributed by atoms with E-state index in [1.165, 1.54) is 5.56 Å². The molecular weight excluding hydrogens is 162 g/mol. The summed E-state index contributed by atoms with van der Waals surface area (Å²) in [5, 5.41) is 7.84. The van der Waals surface area contributed by atoms with Crippen LogP contribution in [0.4, 0.5) is 0 Å². The minimum Gasteiger partial charge on any atom is -0.289 e. The average Bonchev–Trinajstić information content (AvgIpc) is 2.47. The Labute approximate surface area is 77.4 Å². The van der Waals surface area contributed by atoms with Gasteiger partial charge in [0.25, 0.3) is 0 Å². The van der Waals surface area contributed by atoms with E-state index >= 15 is 0 Å². The van der Waals surface area contributed by atoms with Crippen LogP contribution in [0.3, 0.4) is 0 Å². The van der Waals surface area contributed by atoms with Crippen molar-refractivity contribution in [2.75, 3.05) is 0 Å². The summed E-state index contributed by atoms with van der Waals surface area (Å²) in [6, 6.07) is 4.18. The van der Waals surface area contributed by atoms with Crippen LogP contribution in [-0.4, -0.2) is 14.6 Å². The Kier molecular flexibility index (Phi) is 1.62. The zero-order chi connectivity index (χ0) is 9.47. The summed E-state index contributed by atoms with van der Waals surface area (Å²) in [5.41, 5.74) is 2.37. The number of fused-ring (bicyclic) bond motifs is 1. The summed E-state index contributed by atoms with van der Waals surface area (Å²) >= 11 is 0. The van der Waals surface area contributed by atoms with Crippen molar-refractivity contribution in [3.63, 3.8) is 0 Å². The van der Waals surface area contributed by atoms with Crippen LogP contribution >= 0.6 is 0 Å². The van der Waals surface area contributed by atoms with Crippen LogP contribution in [0, 0.1) is 0 Å². The quantitative estimate of drug-likeness (QED) is 0.613. The lowest BCUT2D eigenvalue weighted by atomic mass is 9.88. The number of aromatic nitrogens is 3. The van der Waals surface area contributed by atoms with Gasteiger partial charge in [0.1, 0.15) is 6.33 Å². The highest BCUT2D eigenvalue weighted by atomic mass is 15.2. The van der Waals surface area contributed by atoms with Crippen molar-refractivity contribution in [3.8, 4) is 0 Å². The average molecular weight is 175 g/mol. The van der Waals surface area contributed by atoms with Gasteiger partial charge in [0, 0.05) is 6.20 Å². The highest BCUT2D eigenvalue weighted by Gasteiger charge is 2.13. The summed E-state index contributed by atoms with van der Waals surface area (Å²) < 4.78 is 1.91. The zero-order valence-corrected chi connectivity index (χ0v) is 8.15. The van der Waals surface area contributed by atoms with Crippen molar-refractivity contribution < 1.29 is 0 Å². The number of rotatable bonds is 0. The second-order valence-electron chi connectivity index (χ2n) is 4.26. The highest BCUT2D eigenvalue weighted by molar-refractivity contribution is 5.41. The van der Waals surface area contributed by atoms with Gasteiger partial charge < -0.3 is 0 Å². The maximum absolute atomic E-state index is 4.01. The molecular formula is C10H13N3. The van der Waals surface area contributed by atoms with Crippen molar-refractivity contribution in [2.45, 2.75) is 26.2 Å². The third-order valence-corrected chi connectivity index (χ3v) is 2.17. The Hall–Kier alpha value is -1.38. The number of hydrogen-bond donors (Lipinski definition) is 0. The molecule has 0 saturated carbocycles. The summed E-state index contributed by atoms with van der Waals surface area (Å²) in [4.78, 5) is 0. The van der Waals surface area contributed by atoms with Gasteiger partial charge in [-0.1, -0.05) is 20.8 Å². The fourth-order valence-corrected chi connectivity index (χ4v) is 1.28. The molecule has 0 spiro atoms. The molecule has 0 atom stereocenters. The van der Waals surface area contributed by atoms with Gasteiger partial charge in [-0.2, -0.15) is 0 Å². The van der Waals surface area contributed by atoms with Gasteiger partial charge >= 0.3 is 0 Å². The normalized spacial score (nSPS) is 12.2. The lowest BCUT2D eigenvalue weighted by Crippen LogP contribution is -2.11. The molecule has 3 heteroatoms. The van der Waals surface area contributed by atoms with E-state index in [0.29, 0.717) is 0 Å². The maximum Gasteiger partial charge on any atom is 0.160 e. The van der Waals surface area contributed by atoms with E-state index in [1.54, 1.807) is 6.33 Å². The Bertz CT molecular complexity index is 423. The Balaban J connectivity index is 2.61. The van der Waals surface area contributed by atoms with Crippen LogP contribution in [0.25, 0.3) is 5.65 Å². The summed E-state index contributed by atoms with van der Waals surface area (Å²) in [6.45, 7) is 6.57. The molecule has 0 N–H and O–H groups in total. The largest absolute Gasteiger partial charge is 0.289 e. The fourth-order valence-electron chi connectivity index (χ4n) is 1.28. The molecule has 3 nitrogen and oxygen atoms in total. The van der Waals surface area contributed by atoms with Crippen LogP contribution in [0.2, 0.25) is 0 Å². The first kappa shape index (κ1) is 8.23. The van der Waals surface area contributed by atoms with Gasteiger partial charge in [0.15, 0.2) is 5.65 Å². The van der Waals surface area contributed by atoms with Crippen LogP contribution in [0.5, 0.6) is 0 Å². The summed E-state index contributed by atoms with van der Waals surface area (Å²) in [7, 11) is 0. The molecule has 2 heterocycles. The second-order valence-corrected chi connectivity index (χ2v) is 4.26. The van der Waals surface area contributed by atoms with E-state index in [-0.39, 0.29) is 5.41 Å². The van der Waals surface area contributed by atoms with E-state index in [4.69, 9.17) is 0 Å². The van der Waals surface area contributed by atoms with Gasteiger partial charge in [-0.3, -0.25) is 4.40 Å². The van der Waals surface area contributed by atoms with Gasteiger partial charge in [-0.15, -0.1) is 10.2 Å². The van der Waals surface area contributed by atoms with Crippen LogP contribution in [0.15, 0.2) is 24.7 Å². The van der Waals surface area contributed by atoms with Crippen molar-refractivity contribution in [1.82, 2.24) is 14.6 Å². The SMILES string of the molecule is CC(C)(C)c1ccn2cnnc2c1. The maximum atomic E-state index is 4.01. The first-order chi connectivity index (χ1) is 6.07. The molecule has 0 unspecified atom stereocenters. The highest BCUT2D eigenvalue weighted by Crippen LogP contribution is 2.22.